The van der Waals surface area contributed by atoms with Gasteiger partial charge in [-0.25, -0.2) is 15.0 Å². The second kappa shape index (κ2) is 3.57. The van der Waals surface area contributed by atoms with Gasteiger partial charge in [-0.2, -0.15) is 0 Å². The number of nitrogens with one attached hydrogen (secondary N) is 1. The molecule has 0 radical (unpaired) electrons. The molecule has 0 aliphatic carbocycles. The van der Waals surface area contributed by atoms with Crippen molar-refractivity contribution in [1.29, 1.82) is 0 Å². The van der Waals surface area contributed by atoms with Crippen LogP contribution >= 0.6 is 11.6 Å². The zero-order valence-corrected chi connectivity index (χ0v) is 8.94. The van der Waals surface area contributed by atoms with Crippen molar-refractivity contribution in [3.05, 3.63) is 42.1 Å². The van der Waals surface area contributed by atoms with Crippen LogP contribution in [0.25, 0.3) is 22.3 Å². The summed E-state index contributed by atoms with van der Waals surface area (Å²) in [5.41, 5.74) is 2.63. The summed E-state index contributed by atoms with van der Waals surface area (Å²) in [5.74, 6) is 0. The van der Waals surface area contributed by atoms with E-state index in [-0.39, 0.29) is 5.28 Å². The molecule has 1 N–H and O–H groups in total. The molecular formula is C11H7ClN4. The maximum absolute atomic E-state index is 5.77. The Morgan fingerprint density at radius 1 is 1.06 bits per heavy atom. The Kier molecular flexibility index (Phi) is 2.08. The van der Waals surface area contributed by atoms with Crippen LogP contribution in [0, 0.1) is 0 Å². The number of hydrogen-bond acceptors (Lipinski definition) is 3. The molecule has 0 saturated heterocycles. The molecule has 0 bridgehead atoms. The second-order valence-corrected chi connectivity index (χ2v) is 3.65. The highest BCUT2D eigenvalue weighted by Gasteiger charge is 2.06. The molecule has 0 amide bonds. The van der Waals surface area contributed by atoms with Gasteiger partial charge in [-0.1, -0.05) is 0 Å². The molecule has 0 aliphatic heterocycles. The fourth-order valence-electron chi connectivity index (χ4n) is 1.67. The van der Waals surface area contributed by atoms with Crippen molar-refractivity contribution in [3.8, 4) is 11.3 Å². The lowest BCUT2D eigenvalue weighted by Crippen LogP contribution is -1.88. The molecule has 5 heteroatoms. The summed E-state index contributed by atoms with van der Waals surface area (Å²) < 4.78 is 0. The number of aromatic amines is 1. The standard InChI is InChI=1S/C11H7ClN4/c12-11-15-6-3-9(16-11)7-1-4-13-10-8(7)2-5-14-10/h1-6H,(H,13,14). The van der Waals surface area contributed by atoms with Gasteiger partial charge >= 0.3 is 0 Å². The summed E-state index contributed by atoms with van der Waals surface area (Å²) in [5, 5.41) is 1.27. The van der Waals surface area contributed by atoms with Gasteiger partial charge in [0.15, 0.2) is 0 Å². The van der Waals surface area contributed by atoms with Gasteiger partial charge in [0, 0.05) is 29.5 Å². The van der Waals surface area contributed by atoms with E-state index in [2.05, 4.69) is 19.9 Å². The molecule has 78 valence electrons. The van der Waals surface area contributed by atoms with E-state index in [1.54, 1.807) is 12.4 Å². The van der Waals surface area contributed by atoms with Crippen LogP contribution in [0.4, 0.5) is 0 Å². The maximum Gasteiger partial charge on any atom is 0.222 e. The first-order chi connectivity index (χ1) is 7.84. The number of nitrogens with zero attached hydrogens (tertiary/aromatic N) is 3. The van der Waals surface area contributed by atoms with Crippen molar-refractivity contribution in [1.82, 2.24) is 19.9 Å². The van der Waals surface area contributed by atoms with Crippen LogP contribution in [0.15, 0.2) is 36.8 Å². The van der Waals surface area contributed by atoms with E-state index in [0.29, 0.717) is 0 Å². The molecule has 0 aliphatic rings. The highest BCUT2D eigenvalue weighted by Crippen LogP contribution is 2.25. The zero-order valence-electron chi connectivity index (χ0n) is 8.18. The largest absolute Gasteiger partial charge is 0.346 e. The van der Waals surface area contributed by atoms with E-state index < -0.39 is 0 Å². The Hall–Kier alpha value is -1.94. The van der Waals surface area contributed by atoms with Crippen molar-refractivity contribution in [2.45, 2.75) is 0 Å². The molecule has 0 atom stereocenters. The molecule has 0 aromatic carbocycles. The normalized spacial score (nSPS) is 10.8. The minimum atomic E-state index is 0.248. The summed E-state index contributed by atoms with van der Waals surface area (Å²) in [7, 11) is 0. The van der Waals surface area contributed by atoms with Crippen molar-refractivity contribution < 1.29 is 0 Å². The van der Waals surface area contributed by atoms with Gasteiger partial charge in [0.2, 0.25) is 5.28 Å². The van der Waals surface area contributed by atoms with Gasteiger partial charge in [0.05, 0.1) is 5.69 Å². The average molecular weight is 231 g/mol. The van der Waals surface area contributed by atoms with Gasteiger partial charge in [0.1, 0.15) is 5.65 Å². The second-order valence-electron chi connectivity index (χ2n) is 3.31. The highest BCUT2D eigenvalue weighted by molar-refractivity contribution is 6.28. The molecular weight excluding hydrogens is 224 g/mol. The van der Waals surface area contributed by atoms with Crippen molar-refractivity contribution in [3.63, 3.8) is 0 Å². The van der Waals surface area contributed by atoms with Crippen LogP contribution in [0.2, 0.25) is 5.28 Å². The Balaban J connectivity index is 2.29. The lowest BCUT2D eigenvalue weighted by atomic mass is 10.1. The van der Waals surface area contributed by atoms with Gasteiger partial charge < -0.3 is 4.98 Å². The van der Waals surface area contributed by atoms with Gasteiger partial charge in [-0.15, -0.1) is 0 Å². The minimum Gasteiger partial charge on any atom is -0.346 e. The van der Waals surface area contributed by atoms with E-state index in [1.165, 1.54) is 0 Å². The van der Waals surface area contributed by atoms with Crippen molar-refractivity contribution in [2.75, 3.05) is 0 Å². The Labute approximate surface area is 96.3 Å². The Bertz CT molecular complexity index is 647. The Morgan fingerprint density at radius 3 is 2.81 bits per heavy atom. The van der Waals surface area contributed by atoms with Gasteiger partial charge in [0.25, 0.3) is 0 Å². The van der Waals surface area contributed by atoms with Crippen LogP contribution in [-0.4, -0.2) is 19.9 Å². The number of hydrogen-bond donors (Lipinski definition) is 1. The molecule has 0 fully saturated rings. The molecule has 3 heterocycles. The monoisotopic (exact) mass is 230 g/mol. The first-order valence-electron chi connectivity index (χ1n) is 4.75. The summed E-state index contributed by atoms with van der Waals surface area (Å²) in [4.78, 5) is 15.3. The first-order valence-corrected chi connectivity index (χ1v) is 5.13. The number of aromatic nitrogens is 4. The number of rotatable bonds is 1. The number of H-pyrrole nitrogens is 1. The summed E-state index contributed by atoms with van der Waals surface area (Å²) in [6.45, 7) is 0. The summed E-state index contributed by atoms with van der Waals surface area (Å²) in [6.07, 6.45) is 5.23. The SMILES string of the molecule is Clc1nccc(-c2ccnc3[nH]ccc23)n1. The van der Waals surface area contributed by atoms with Crippen LogP contribution in [-0.2, 0) is 0 Å². The summed E-state index contributed by atoms with van der Waals surface area (Å²) >= 11 is 5.77. The number of fused-ring (bicyclic) bond motifs is 1. The third-order valence-corrected chi connectivity index (χ3v) is 2.54. The van der Waals surface area contributed by atoms with Crippen LogP contribution in [0.5, 0.6) is 0 Å². The molecule has 4 nitrogen and oxygen atoms in total. The van der Waals surface area contributed by atoms with Gasteiger partial charge in [-0.3, -0.25) is 0 Å². The fraction of sp³-hybridized carbons (Fsp3) is 0. The van der Waals surface area contributed by atoms with E-state index in [9.17, 15) is 0 Å². The Morgan fingerprint density at radius 2 is 1.94 bits per heavy atom. The smallest absolute Gasteiger partial charge is 0.222 e. The van der Waals surface area contributed by atoms with Crippen LogP contribution in [0.1, 0.15) is 0 Å². The molecule has 0 unspecified atom stereocenters. The van der Waals surface area contributed by atoms with E-state index in [0.717, 1.165) is 22.3 Å². The van der Waals surface area contributed by atoms with E-state index in [1.807, 2.05) is 24.4 Å². The lowest BCUT2D eigenvalue weighted by molar-refractivity contribution is 1.17. The molecule has 0 spiro atoms. The molecule has 3 rings (SSSR count). The minimum absolute atomic E-state index is 0.248. The molecule has 3 aromatic heterocycles. The molecule has 16 heavy (non-hydrogen) atoms. The lowest BCUT2D eigenvalue weighted by Gasteiger charge is -2.01. The topological polar surface area (TPSA) is 54.5 Å². The van der Waals surface area contributed by atoms with E-state index >= 15 is 0 Å². The van der Waals surface area contributed by atoms with Gasteiger partial charge in [-0.05, 0) is 29.8 Å². The van der Waals surface area contributed by atoms with Crippen LogP contribution < -0.4 is 0 Å². The predicted molar refractivity (Wildman–Crippen MR) is 62.1 cm³/mol. The van der Waals surface area contributed by atoms with Crippen molar-refractivity contribution in [2.24, 2.45) is 0 Å². The highest BCUT2D eigenvalue weighted by atomic mass is 35.5. The zero-order chi connectivity index (χ0) is 11.0. The third kappa shape index (κ3) is 1.44. The molecule has 0 saturated carbocycles. The summed E-state index contributed by atoms with van der Waals surface area (Å²) in [6, 6.07) is 5.70. The molecule has 3 aromatic rings. The van der Waals surface area contributed by atoms with E-state index in [4.69, 9.17) is 11.6 Å². The average Bonchev–Trinajstić information content (AvgIpc) is 2.76. The first kappa shape index (κ1) is 9.30. The third-order valence-electron chi connectivity index (χ3n) is 2.36. The maximum atomic E-state index is 5.77. The van der Waals surface area contributed by atoms with Crippen LogP contribution in [0.3, 0.4) is 0 Å². The van der Waals surface area contributed by atoms with Crippen molar-refractivity contribution >= 4 is 22.6 Å². The quantitative estimate of drug-likeness (QED) is 0.654. The fourth-order valence-corrected chi connectivity index (χ4v) is 1.82. The number of pyridine rings is 1. The predicted octanol–water partition coefficient (Wildman–Crippen LogP) is 2.67. The number of halogens is 1.